The van der Waals surface area contributed by atoms with Crippen molar-refractivity contribution in [3.63, 3.8) is 0 Å². The first-order valence-corrected chi connectivity index (χ1v) is 5.78. The Hall–Kier alpha value is -2.17. The Kier molecular flexibility index (Phi) is 3.72. The topological polar surface area (TPSA) is 49.8 Å². The van der Waals surface area contributed by atoms with E-state index in [-0.39, 0.29) is 5.82 Å². The Morgan fingerprint density at radius 1 is 1.22 bits per heavy atom. The highest BCUT2D eigenvalue weighted by Gasteiger charge is 2.03. The minimum atomic E-state index is -0.279. The summed E-state index contributed by atoms with van der Waals surface area (Å²) in [6, 6.07) is 4.59. The molecule has 2 rings (SSSR count). The number of benzene rings is 1. The molecule has 4 nitrogen and oxygen atoms in total. The molecule has 1 heterocycles. The van der Waals surface area contributed by atoms with Crippen molar-refractivity contribution in [2.75, 3.05) is 17.2 Å². The molecule has 94 valence electrons. The van der Waals surface area contributed by atoms with Gasteiger partial charge in [-0.1, -0.05) is 6.07 Å². The minimum Gasteiger partial charge on any atom is -0.369 e. The van der Waals surface area contributed by atoms with Crippen LogP contribution < -0.4 is 10.6 Å². The first-order valence-electron chi connectivity index (χ1n) is 5.78. The molecule has 0 saturated carbocycles. The van der Waals surface area contributed by atoms with E-state index >= 15 is 0 Å². The molecule has 2 N–H and O–H groups in total. The zero-order valence-electron chi connectivity index (χ0n) is 10.4. The maximum atomic E-state index is 13.2. The summed E-state index contributed by atoms with van der Waals surface area (Å²) < 4.78 is 13.2. The van der Waals surface area contributed by atoms with Crippen LogP contribution in [0.3, 0.4) is 0 Å². The van der Waals surface area contributed by atoms with Crippen molar-refractivity contribution >= 4 is 17.3 Å². The molecule has 5 heteroatoms. The van der Waals surface area contributed by atoms with Crippen LogP contribution in [0.15, 0.2) is 30.6 Å². The number of anilines is 3. The summed E-state index contributed by atoms with van der Waals surface area (Å²) in [5, 5.41) is 6.13. The summed E-state index contributed by atoms with van der Waals surface area (Å²) in [5.74, 6) is 0.998. The molecule has 1 aromatic heterocycles. The van der Waals surface area contributed by atoms with E-state index in [1.807, 2.05) is 13.8 Å². The molecule has 0 bridgehead atoms. The molecule has 2 aromatic rings. The Labute approximate surface area is 105 Å². The van der Waals surface area contributed by atoms with E-state index in [9.17, 15) is 4.39 Å². The third-order valence-electron chi connectivity index (χ3n) is 2.45. The number of aromatic nitrogens is 2. The third kappa shape index (κ3) is 2.94. The molecule has 18 heavy (non-hydrogen) atoms. The molecule has 0 saturated heterocycles. The minimum absolute atomic E-state index is 0.279. The molecule has 0 aliphatic carbocycles. The number of nitrogens with zero attached hydrogens (tertiary/aromatic N) is 2. The van der Waals surface area contributed by atoms with Crippen molar-refractivity contribution in [1.82, 2.24) is 9.97 Å². The number of hydrogen-bond donors (Lipinski definition) is 2. The van der Waals surface area contributed by atoms with E-state index in [0.717, 1.165) is 12.1 Å². The van der Waals surface area contributed by atoms with Gasteiger partial charge in [-0.2, -0.15) is 0 Å². The van der Waals surface area contributed by atoms with Crippen molar-refractivity contribution in [3.8, 4) is 0 Å². The van der Waals surface area contributed by atoms with Gasteiger partial charge in [0, 0.05) is 12.2 Å². The van der Waals surface area contributed by atoms with E-state index in [2.05, 4.69) is 20.6 Å². The SMILES string of the molecule is CCNc1cncc(Nc2cc(F)ccc2C)n1. The van der Waals surface area contributed by atoms with Crippen LogP contribution in [0.2, 0.25) is 0 Å². The second kappa shape index (κ2) is 5.44. The molecule has 1 aromatic carbocycles. The van der Waals surface area contributed by atoms with Gasteiger partial charge in [-0.3, -0.25) is 4.98 Å². The maximum absolute atomic E-state index is 13.2. The van der Waals surface area contributed by atoms with Crippen molar-refractivity contribution in [2.45, 2.75) is 13.8 Å². The van der Waals surface area contributed by atoms with E-state index in [0.29, 0.717) is 17.3 Å². The lowest BCUT2D eigenvalue weighted by Gasteiger charge is -2.09. The molecule has 0 unspecified atom stereocenters. The maximum Gasteiger partial charge on any atom is 0.151 e. The molecule has 0 amide bonds. The largest absolute Gasteiger partial charge is 0.369 e. The highest BCUT2D eigenvalue weighted by atomic mass is 19.1. The van der Waals surface area contributed by atoms with Crippen LogP contribution in [0.1, 0.15) is 12.5 Å². The van der Waals surface area contributed by atoms with Crippen LogP contribution in [0.4, 0.5) is 21.7 Å². The summed E-state index contributed by atoms with van der Waals surface area (Å²) in [7, 11) is 0. The van der Waals surface area contributed by atoms with Crippen molar-refractivity contribution < 1.29 is 4.39 Å². The predicted octanol–water partition coefficient (Wildman–Crippen LogP) is 3.10. The van der Waals surface area contributed by atoms with Gasteiger partial charge < -0.3 is 10.6 Å². The fourth-order valence-electron chi connectivity index (χ4n) is 1.56. The van der Waals surface area contributed by atoms with Crippen LogP contribution in [-0.2, 0) is 0 Å². The standard InChI is InChI=1S/C13H15FN4/c1-3-16-12-7-15-8-13(18-12)17-11-6-10(14)5-4-9(11)2/h4-8H,3H2,1-2H3,(H2,16,17,18). The average Bonchev–Trinajstić information content (AvgIpc) is 2.35. The highest BCUT2D eigenvalue weighted by molar-refractivity contribution is 5.60. The van der Waals surface area contributed by atoms with Crippen LogP contribution in [0, 0.1) is 12.7 Å². The smallest absolute Gasteiger partial charge is 0.151 e. The van der Waals surface area contributed by atoms with E-state index < -0.39 is 0 Å². The first-order chi connectivity index (χ1) is 8.69. The average molecular weight is 246 g/mol. The number of halogens is 1. The van der Waals surface area contributed by atoms with Crippen LogP contribution in [0.25, 0.3) is 0 Å². The van der Waals surface area contributed by atoms with Gasteiger partial charge in [0.1, 0.15) is 11.6 Å². The Bertz CT molecular complexity index is 542. The second-order valence-corrected chi connectivity index (χ2v) is 3.90. The van der Waals surface area contributed by atoms with Crippen LogP contribution in [0.5, 0.6) is 0 Å². The monoisotopic (exact) mass is 246 g/mol. The summed E-state index contributed by atoms with van der Waals surface area (Å²) in [4.78, 5) is 8.39. The normalized spacial score (nSPS) is 10.2. The van der Waals surface area contributed by atoms with E-state index in [1.54, 1.807) is 18.5 Å². The van der Waals surface area contributed by atoms with Crippen molar-refractivity contribution in [3.05, 3.63) is 42.0 Å². The van der Waals surface area contributed by atoms with E-state index in [4.69, 9.17) is 0 Å². The van der Waals surface area contributed by atoms with Gasteiger partial charge in [0.15, 0.2) is 5.82 Å². The summed E-state index contributed by atoms with van der Waals surface area (Å²) in [6.07, 6.45) is 3.25. The van der Waals surface area contributed by atoms with Crippen LogP contribution >= 0.6 is 0 Å². The fourth-order valence-corrected chi connectivity index (χ4v) is 1.56. The number of aryl methyl sites for hydroxylation is 1. The quantitative estimate of drug-likeness (QED) is 0.870. The fraction of sp³-hybridized carbons (Fsp3) is 0.231. The second-order valence-electron chi connectivity index (χ2n) is 3.90. The van der Waals surface area contributed by atoms with E-state index in [1.165, 1.54) is 12.1 Å². The Morgan fingerprint density at radius 2 is 2.00 bits per heavy atom. The molecule has 0 aliphatic rings. The molecular weight excluding hydrogens is 231 g/mol. The lowest BCUT2D eigenvalue weighted by molar-refractivity contribution is 0.628. The molecule has 0 fully saturated rings. The summed E-state index contributed by atoms with van der Waals surface area (Å²) in [5.41, 5.74) is 1.64. The lowest BCUT2D eigenvalue weighted by Crippen LogP contribution is -2.03. The molecule has 0 radical (unpaired) electrons. The van der Waals surface area contributed by atoms with Gasteiger partial charge in [-0.15, -0.1) is 0 Å². The Balaban J connectivity index is 2.22. The van der Waals surface area contributed by atoms with Gasteiger partial charge in [-0.25, -0.2) is 9.37 Å². The highest BCUT2D eigenvalue weighted by Crippen LogP contribution is 2.20. The zero-order chi connectivity index (χ0) is 13.0. The third-order valence-corrected chi connectivity index (χ3v) is 2.45. The Morgan fingerprint density at radius 3 is 2.78 bits per heavy atom. The summed E-state index contributed by atoms with van der Waals surface area (Å²) in [6.45, 7) is 4.67. The number of hydrogen-bond acceptors (Lipinski definition) is 4. The number of rotatable bonds is 4. The van der Waals surface area contributed by atoms with Crippen molar-refractivity contribution in [1.29, 1.82) is 0 Å². The van der Waals surface area contributed by atoms with Gasteiger partial charge in [0.2, 0.25) is 0 Å². The van der Waals surface area contributed by atoms with Gasteiger partial charge in [0.05, 0.1) is 12.4 Å². The molecular formula is C13H15FN4. The van der Waals surface area contributed by atoms with Gasteiger partial charge in [0.25, 0.3) is 0 Å². The van der Waals surface area contributed by atoms with Crippen LogP contribution in [-0.4, -0.2) is 16.5 Å². The zero-order valence-corrected chi connectivity index (χ0v) is 10.4. The number of nitrogens with one attached hydrogen (secondary N) is 2. The predicted molar refractivity (Wildman–Crippen MR) is 70.6 cm³/mol. The molecule has 0 spiro atoms. The summed E-state index contributed by atoms with van der Waals surface area (Å²) >= 11 is 0. The van der Waals surface area contributed by atoms with Crippen molar-refractivity contribution in [2.24, 2.45) is 0 Å². The van der Waals surface area contributed by atoms with Gasteiger partial charge in [-0.05, 0) is 31.5 Å². The molecule has 0 atom stereocenters. The molecule has 0 aliphatic heterocycles. The lowest BCUT2D eigenvalue weighted by atomic mass is 10.2. The first kappa shape index (κ1) is 12.3. The van der Waals surface area contributed by atoms with Gasteiger partial charge >= 0.3 is 0 Å².